The number of nitrogens with two attached hydrogens (primary N) is 1. The molecule has 16 heavy (non-hydrogen) atoms. The molecule has 0 amide bonds. The average molecular weight is 214 g/mol. The minimum absolute atomic E-state index is 0.620. The van der Waals surface area contributed by atoms with Gasteiger partial charge in [-0.15, -0.1) is 0 Å². The Morgan fingerprint density at radius 1 is 1.12 bits per heavy atom. The zero-order valence-corrected chi connectivity index (χ0v) is 9.90. The Labute approximate surface area is 96.7 Å². The zero-order chi connectivity index (χ0) is 11.5. The van der Waals surface area contributed by atoms with Gasteiger partial charge in [-0.3, -0.25) is 0 Å². The molecule has 0 atom stereocenters. The first-order valence-corrected chi connectivity index (χ1v) is 5.62. The third kappa shape index (κ3) is 2.02. The summed E-state index contributed by atoms with van der Waals surface area (Å²) in [6, 6.07) is 12.7. The maximum atomic E-state index is 5.71. The van der Waals surface area contributed by atoms with Crippen LogP contribution < -0.4 is 5.73 Å². The topological polar surface area (TPSA) is 30.9 Å². The summed E-state index contributed by atoms with van der Waals surface area (Å²) in [5, 5.41) is 0. The lowest BCUT2D eigenvalue weighted by Gasteiger charge is -2.09. The smallest absolute Gasteiger partial charge is 0.0475 e. The van der Waals surface area contributed by atoms with Gasteiger partial charge in [0.2, 0.25) is 0 Å². The number of aromatic nitrogens is 1. The van der Waals surface area contributed by atoms with Crippen molar-refractivity contribution in [1.29, 1.82) is 0 Å². The minimum atomic E-state index is 0.620. The molecule has 2 rings (SSSR count). The third-order valence-electron chi connectivity index (χ3n) is 3.08. The van der Waals surface area contributed by atoms with Crippen molar-refractivity contribution in [3.8, 4) is 0 Å². The largest absolute Gasteiger partial charge is 0.344 e. The highest BCUT2D eigenvalue weighted by molar-refractivity contribution is 5.28. The van der Waals surface area contributed by atoms with Gasteiger partial charge in [-0.2, -0.15) is 0 Å². The third-order valence-corrected chi connectivity index (χ3v) is 3.08. The zero-order valence-electron chi connectivity index (χ0n) is 9.90. The second-order valence-corrected chi connectivity index (χ2v) is 4.17. The van der Waals surface area contributed by atoms with Crippen molar-refractivity contribution in [1.82, 2.24) is 4.57 Å². The summed E-state index contributed by atoms with van der Waals surface area (Å²) >= 11 is 0. The van der Waals surface area contributed by atoms with Crippen molar-refractivity contribution in [2.45, 2.75) is 26.9 Å². The van der Waals surface area contributed by atoms with Crippen molar-refractivity contribution in [2.24, 2.45) is 5.73 Å². The normalized spacial score (nSPS) is 10.7. The van der Waals surface area contributed by atoms with Gasteiger partial charge < -0.3 is 10.3 Å². The SMILES string of the molecule is Cc1cc(CN)c(C)n1Cc1ccccc1. The summed E-state index contributed by atoms with van der Waals surface area (Å²) < 4.78 is 2.32. The van der Waals surface area contributed by atoms with Crippen molar-refractivity contribution in [3.05, 3.63) is 58.9 Å². The predicted molar refractivity (Wildman–Crippen MR) is 67.3 cm³/mol. The molecule has 0 unspecified atom stereocenters. The van der Waals surface area contributed by atoms with Crippen molar-refractivity contribution >= 4 is 0 Å². The molecular formula is C14H18N2. The molecule has 0 radical (unpaired) electrons. The summed E-state index contributed by atoms with van der Waals surface area (Å²) in [5.74, 6) is 0. The molecule has 0 spiro atoms. The lowest BCUT2D eigenvalue weighted by atomic mass is 10.2. The van der Waals surface area contributed by atoms with Crippen LogP contribution in [-0.4, -0.2) is 4.57 Å². The van der Waals surface area contributed by atoms with E-state index in [9.17, 15) is 0 Å². The summed E-state index contributed by atoms with van der Waals surface area (Å²) in [6.07, 6.45) is 0. The van der Waals surface area contributed by atoms with Crippen molar-refractivity contribution in [3.63, 3.8) is 0 Å². The lowest BCUT2D eigenvalue weighted by Crippen LogP contribution is -2.05. The molecule has 0 aliphatic rings. The van der Waals surface area contributed by atoms with Gasteiger partial charge in [-0.25, -0.2) is 0 Å². The molecule has 2 heteroatoms. The van der Waals surface area contributed by atoms with Gasteiger partial charge in [-0.1, -0.05) is 30.3 Å². The second-order valence-electron chi connectivity index (χ2n) is 4.17. The van der Waals surface area contributed by atoms with E-state index < -0.39 is 0 Å². The lowest BCUT2D eigenvalue weighted by molar-refractivity contribution is 0.744. The second kappa shape index (κ2) is 4.54. The molecular weight excluding hydrogens is 196 g/mol. The fraction of sp³-hybridized carbons (Fsp3) is 0.286. The van der Waals surface area contributed by atoms with E-state index in [1.807, 2.05) is 6.07 Å². The molecule has 1 aromatic heterocycles. The van der Waals surface area contributed by atoms with E-state index in [1.54, 1.807) is 0 Å². The molecule has 2 N–H and O–H groups in total. The van der Waals surface area contributed by atoms with Crippen LogP contribution in [0.15, 0.2) is 36.4 Å². The molecule has 0 saturated heterocycles. The Morgan fingerprint density at radius 3 is 2.38 bits per heavy atom. The quantitative estimate of drug-likeness (QED) is 0.836. The minimum Gasteiger partial charge on any atom is -0.344 e. The monoisotopic (exact) mass is 214 g/mol. The Kier molecular flexibility index (Phi) is 3.11. The van der Waals surface area contributed by atoms with Gasteiger partial charge in [0.1, 0.15) is 0 Å². The molecule has 0 bridgehead atoms. The molecule has 1 aromatic carbocycles. The number of rotatable bonds is 3. The van der Waals surface area contributed by atoms with E-state index >= 15 is 0 Å². The number of nitrogens with zero attached hydrogens (tertiary/aromatic N) is 1. The van der Waals surface area contributed by atoms with Crippen LogP contribution in [0.1, 0.15) is 22.5 Å². The average Bonchev–Trinajstić information content (AvgIpc) is 2.58. The molecule has 0 aliphatic carbocycles. The van der Waals surface area contributed by atoms with E-state index in [4.69, 9.17) is 5.73 Å². The van der Waals surface area contributed by atoms with E-state index in [2.05, 4.69) is 48.7 Å². The molecule has 0 aliphatic heterocycles. The summed E-state index contributed by atoms with van der Waals surface area (Å²) in [5.41, 5.74) is 10.8. The number of benzene rings is 1. The number of hydrogen-bond donors (Lipinski definition) is 1. The van der Waals surface area contributed by atoms with Crippen LogP contribution in [0, 0.1) is 13.8 Å². The first-order valence-electron chi connectivity index (χ1n) is 5.62. The fourth-order valence-electron chi connectivity index (χ4n) is 2.09. The molecule has 0 saturated carbocycles. The highest BCUT2D eigenvalue weighted by Crippen LogP contribution is 2.16. The molecule has 2 nitrogen and oxygen atoms in total. The van der Waals surface area contributed by atoms with E-state index in [-0.39, 0.29) is 0 Å². The number of aryl methyl sites for hydroxylation is 1. The van der Waals surface area contributed by atoms with Gasteiger partial charge in [0, 0.05) is 24.5 Å². The van der Waals surface area contributed by atoms with Gasteiger partial charge in [-0.05, 0) is 31.0 Å². The predicted octanol–water partition coefficient (Wildman–Crippen LogP) is 2.61. The Morgan fingerprint density at radius 2 is 1.81 bits per heavy atom. The van der Waals surface area contributed by atoms with Crippen LogP contribution >= 0.6 is 0 Å². The van der Waals surface area contributed by atoms with Crippen LogP contribution in [0.25, 0.3) is 0 Å². The maximum absolute atomic E-state index is 5.71. The first kappa shape index (κ1) is 11.0. The van der Waals surface area contributed by atoms with Gasteiger partial charge in [0.05, 0.1) is 0 Å². The van der Waals surface area contributed by atoms with Crippen LogP contribution in [0.4, 0.5) is 0 Å². The van der Waals surface area contributed by atoms with E-state index in [0.29, 0.717) is 6.54 Å². The standard InChI is InChI=1S/C14H18N2/c1-11-8-14(9-15)12(2)16(11)10-13-6-4-3-5-7-13/h3-8H,9-10,15H2,1-2H3. The summed E-state index contributed by atoms with van der Waals surface area (Å²) in [7, 11) is 0. The van der Waals surface area contributed by atoms with Crippen LogP contribution in [0.5, 0.6) is 0 Å². The summed E-state index contributed by atoms with van der Waals surface area (Å²) in [6.45, 7) is 5.82. The van der Waals surface area contributed by atoms with E-state index in [1.165, 1.54) is 22.5 Å². The van der Waals surface area contributed by atoms with Crippen LogP contribution in [0.2, 0.25) is 0 Å². The maximum Gasteiger partial charge on any atom is 0.0475 e. The van der Waals surface area contributed by atoms with Gasteiger partial charge in [0.25, 0.3) is 0 Å². The fourth-order valence-corrected chi connectivity index (χ4v) is 2.09. The number of hydrogen-bond acceptors (Lipinski definition) is 1. The first-order chi connectivity index (χ1) is 7.72. The Hall–Kier alpha value is -1.54. The molecule has 84 valence electrons. The van der Waals surface area contributed by atoms with Crippen LogP contribution in [0.3, 0.4) is 0 Å². The molecule has 1 heterocycles. The Balaban J connectivity index is 2.31. The highest BCUT2D eigenvalue weighted by Gasteiger charge is 2.07. The molecule has 2 aromatic rings. The van der Waals surface area contributed by atoms with Crippen molar-refractivity contribution in [2.75, 3.05) is 0 Å². The van der Waals surface area contributed by atoms with Gasteiger partial charge >= 0.3 is 0 Å². The van der Waals surface area contributed by atoms with Crippen LogP contribution in [-0.2, 0) is 13.1 Å². The Bertz CT molecular complexity index is 469. The highest BCUT2D eigenvalue weighted by atomic mass is 15.0. The van der Waals surface area contributed by atoms with E-state index in [0.717, 1.165) is 6.54 Å². The molecule has 0 fully saturated rings. The van der Waals surface area contributed by atoms with Gasteiger partial charge in [0.15, 0.2) is 0 Å². The van der Waals surface area contributed by atoms with Crippen molar-refractivity contribution < 1.29 is 0 Å². The summed E-state index contributed by atoms with van der Waals surface area (Å²) in [4.78, 5) is 0.